The number of hydrogen-bond acceptors (Lipinski definition) is 5. The lowest BCUT2D eigenvalue weighted by Gasteiger charge is -2.04. The van der Waals surface area contributed by atoms with Gasteiger partial charge in [-0.15, -0.1) is 23.7 Å². The molecule has 1 aromatic heterocycles. The van der Waals surface area contributed by atoms with Crippen molar-refractivity contribution < 1.29 is 9.53 Å². The van der Waals surface area contributed by atoms with Crippen molar-refractivity contribution in [3.8, 4) is 17.0 Å². The second-order valence-electron chi connectivity index (χ2n) is 5.22. The second kappa shape index (κ2) is 8.86. The van der Waals surface area contributed by atoms with Gasteiger partial charge in [0.25, 0.3) is 0 Å². The molecule has 23 heavy (non-hydrogen) atoms. The number of ether oxygens (including phenoxy) is 1. The predicted molar refractivity (Wildman–Crippen MR) is 97.6 cm³/mol. The van der Waals surface area contributed by atoms with Crippen LogP contribution in [0.15, 0.2) is 24.3 Å². The monoisotopic (exact) mass is 355 g/mol. The first-order valence-corrected chi connectivity index (χ1v) is 7.98. The first kappa shape index (κ1) is 19.4. The summed E-state index contributed by atoms with van der Waals surface area (Å²) in [6.07, 6.45) is 1.08. The Balaban J connectivity index is 0.00000264. The van der Waals surface area contributed by atoms with E-state index in [1.807, 2.05) is 38.1 Å². The van der Waals surface area contributed by atoms with Crippen molar-refractivity contribution in [3.63, 3.8) is 0 Å². The molecule has 1 amide bonds. The van der Waals surface area contributed by atoms with Crippen LogP contribution in [0.5, 0.6) is 5.75 Å². The molecule has 7 heteroatoms. The highest BCUT2D eigenvalue weighted by Gasteiger charge is 2.12. The Kier molecular flexibility index (Phi) is 7.48. The van der Waals surface area contributed by atoms with E-state index >= 15 is 0 Å². The summed E-state index contributed by atoms with van der Waals surface area (Å²) in [5.41, 5.74) is 7.55. The molecule has 0 fully saturated rings. The molecule has 0 bridgehead atoms. The van der Waals surface area contributed by atoms with Gasteiger partial charge in [-0.25, -0.2) is 4.98 Å². The number of aromatic nitrogens is 1. The highest BCUT2D eigenvalue weighted by atomic mass is 35.5. The highest BCUT2D eigenvalue weighted by molar-refractivity contribution is 7.16. The number of anilines is 1. The van der Waals surface area contributed by atoms with Gasteiger partial charge in [-0.05, 0) is 44.5 Å². The van der Waals surface area contributed by atoms with Crippen molar-refractivity contribution in [1.29, 1.82) is 0 Å². The predicted octanol–water partition coefficient (Wildman–Crippen LogP) is 3.61. The van der Waals surface area contributed by atoms with E-state index in [0.717, 1.165) is 21.9 Å². The van der Waals surface area contributed by atoms with Crippen LogP contribution in [0.1, 0.15) is 24.6 Å². The molecule has 0 aliphatic rings. The molecule has 1 aromatic carbocycles. The van der Waals surface area contributed by atoms with Gasteiger partial charge < -0.3 is 15.8 Å². The third-order valence-corrected chi connectivity index (χ3v) is 4.12. The standard InChI is InChI=1S/C16H21N3O2S.ClH/c1-10(17)4-9-14(20)18-16-19-15(11(2)22-16)12-5-7-13(21-3)8-6-12;/h5-8,10H,4,9,17H2,1-3H3,(H,18,19,20);1H. The molecular weight excluding hydrogens is 334 g/mol. The fourth-order valence-electron chi connectivity index (χ4n) is 2.01. The lowest BCUT2D eigenvalue weighted by Crippen LogP contribution is -2.19. The lowest BCUT2D eigenvalue weighted by molar-refractivity contribution is -0.116. The minimum absolute atomic E-state index is 0. The maximum Gasteiger partial charge on any atom is 0.226 e. The summed E-state index contributed by atoms with van der Waals surface area (Å²) in [6.45, 7) is 3.89. The van der Waals surface area contributed by atoms with Gasteiger partial charge in [-0.3, -0.25) is 4.79 Å². The van der Waals surface area contributed by atoms with Gasteiger partial charge in [0.05, 0.1) is 12.8 Å². The molecule has 0 aliphatic heterocycles. The molecule has 1 atom stereocenters. The van der Waals surface area contributed by atoms with Gasteiger partial charge in [-0.2, -0.15) is 0 Å². The number of amides is 1. The van der Waals surface area contributed by atoms with E-state index in [1.54, 1.807) is 7.11 Å². The van der Waals surface area contributed by atoms with Crippen LogP contribution in [0.3, 0.4) is 0 Å². The Labute approximate surface area is 146 Å². The maximum absolute atomic E-state index is 11.8. The fraction of sp³-hybridized carbons (Fsp3) is 0.375. The van der Waals surface area contributed by atoms with Gasteiger partial charge >= 0.3 is 0 Å². The van der Waals surface area contributed by atoms with Gasteiger partial charge in [0.1, 0.15) is 5.75 Å². The van der Waals surface area contributed by atoms with Crippen LogP contribution in [0.2, 0.25) is 0 Å². The van der Waals surface area contributed by atoms with Crippen LogP contribution in [-0.4, -0.2) is 24.0 Å². The van der Waals surface area contributed by atoms with Gasteiger partial charge in [0, 0.05) is 22.9 Å². The van der Waals surface area contributed by atoms with Crippen molar-refractivity contribution in [2.24, 2.45) is 5.73 Å². The number of nitrogens with zero attached hydrogens (tertiary/aromatic N) is 1. The molecule has 5 nitrogen and oxygen atoms in total. The fourth-order valence-corrected chi connectivity index (χ4v) is 2.86. The third kappa shape index (κ3) is 5.49. The maximum atomic E-state index is 11.8. The SMILES string of the molecule is COc1ccc(-c2nc(NC(=O)CCC(C)N)sc2C)cc1.Cl. The van der Waals surface area contributed by atoms with E-state index in [1.165, 1.54) is 11.3 Å². The average molecular weight is 356 g/mol. The van der Waals surface area contributed by atoms with Gasteiger partial charge in [-0.1, -0.05) is 0 Å². The minimum Gasteiger partial charge on any atom is -0.497 e. The number of nitrogens with one attached hydrogen (secondary N) is 1. The summed E-state index contributed by atoms with van der Waals surface area (Å²) in [5.74, 6) is 0.758. The Morgan fingerprint density at radius 2 is 2.04 bits per heavy atom. The molecule has 1 unspecified atom stereocenters. The van der Waals surface area contributed by atoms with Crippen LogP contribution < -0.4 is 15.8 Å². The summed E-state index contributed by atoms with van der Waals surface area (Å²) in [5, 5.41) is 3.46. The molecule has 2 rings (SSSR count). The van der Waals surface area contributed by atoms with Gasteiger partial charge in [0.15, 0.2) is 5.13 Å². The molecule has 2 aromatic rings. The number of nitrogens with two attached hydrogens (primary N) is 1. The summed E-state index contributed by atoms with van der Waals surface area (Å²) in [6, 6.07) is 7.74. The Bertz CT molecular complexity index is 641. The summed E-state index contributed by atoms with van der Waals surface area (Å²) < 4.78 is 5.15. The number of benzene rings is 1. The van der Waals surface area contributed by atoms with Crippen LogP contribution in [0.4, 0.5) is 5.13 Å². The molecule has 0 spiro atoms. The summed E-state index contributed by atoms with van der Waals surface area (Å²) in [4.78, 5) is 17.4. The lowest BCUT2D eigenvalue weighted by atomic mass is 10.1. The van der Waals surface area contributed by atoms with E-state index in [0.29, 0.717) is 18.0 Å². The van der Waals surface area contributed by atoms with Crippen molar-refractivity contribution in [1.82, 2.24) is 4.98 Å². The summed E-state index contributed by atoms with van der Waals surface area (Å²) >= 11 is 1.48. The number of hydrogen-bond donors (Lipinski definition) is 2. The van der Waals surface area contributed by atoms with E-state index in [4.69, 9.17) is 10.5 Å². The van der Waals surface area contributed by atoms with Crippen LogP contribution in [0.25, 0.3) is 11.3 Å². The average Bonchev–Trinajstić information content (AvgIpc) is 2.85. The number of rotatable bonds is 6. The molecule has 3 N–H and O–H groups in total. The zero-order chi connectivity index (χ0) is 16.1. The topological polar surface area (TPSA) is 77.2 Å². The van der Waals surface area contributed by atoms with E-state index in [2.05, 4.69) is 10.3 Å². The molecule has 0 saturated heterocycles. The number of halogens is 1. The normalized spacial score (nSPS) is 11.5. The largest absolute Gasteiger partial charge is 0.497 e. The molecule has 0 aliphatic carbocycles. The quantitative estimate of drug-likeness (QED) is 0.829. The molecule has 0 saturated carbocycles. The van der Waals surface area contributed by atoms with Crippen molar-refractivity contribution >= 4 is 34.8 Å². The Morgan fingerprint density at radius 3 is 2.61 bits per heavy atom. The Morgan fingerprint density at radius 1 is 1.39 bits per heavy atom. The van der Waals surface area contributed by atoms with E-state index in [9.17, 15) is 4.79 Å². The number of thiazole rings is 1. The number of carbonyl (C=O) groups excluding carboxylic acids is 1. The first-order valence-electron chi connectivity index (χ1n) is 7.17. The molecule has 1 heterocycles. The van der Waals surface area contributed by atoms with Crippen molar-refractivity contribution in [3.05, 3.63) is 29.1 Å². The smallest absolute Gasteiger partial charge is 0.226 e. The van der Waals surface area contributed by atoms with E-state index < -0.39 is 0 Å². The molecular formula is C16H22ClN3O2S. The van der Waals surface area contributed by atoms with E-state index in [-0.39, 0.29) is 24.4 Å². The third-order valence-electron chi connectivity index (χ3n) is 3.23. The zero-order valence-electron chi connectivity index (χ0n) is 13.5. The first-order chi connectivity index (χ1) is 10.5. The van der Waals surface area contributed by atoms with Crippen LogP contribution in [-0.2, 0) is 4.79 Å². The molecule has 126 valence electrons. The zero-order valence-corrected chi connectivity index (χ0v) is 15.1. The Hall–Kier alpha value is -1.63. The minimum atomic E-state index is -0.0488. The van der Waals surface area contributed by atoms with Crippen molar-refractivity contribution in [2.45, 2.75) is 32.7 Å². The van der Waals surface area contributed by atoms with Crippen LogP contribution in [0, 0.1) is 6.92 Å². The van der Waals surface area contributed by atoms with Crippen LogP contribution >= 0.6 is 23.7 Å². The second-order valence-corrected chi connectivity index (χ2v) is 6.42. The number of carbonyl (C=O) groups is 1. The number of methoxy groups -OCH3 is 1. The number of aryl methyl sites for hydroxylation is 1. The molecule has 0 radical (unpaired) electrons. The van der Waals surface area contributed by atoms with Crippen molar-refractivity contribution in [2.75, 3.05) is 12.4 Å². The highest BCUT2D eigenvalue weighted by Crippen LogP contribution is 2.31. The van der Waals surface area contributed by atoms with Gasteiger partial charge in [0.2, 0.25) is 5.91 Å². The summed E-state index contributed by atoms with van der Waals surface area (Å²) in [7, 11) is 1.64.